The highest BCUT2D eigenvalue weighted by atomic mass is 35.5. The molecule has 2 bridgehead atoms. The minimum Gasteiger partial charge on any atom is -0.377 e. The predicted molar refractivity (Wildman–Crippen MR) is 113 cm³/mol. The molecule has 9 heteroatoms. The van der Waals surface area contributed by atoms with E-state index in [4.69, 9.17) is 16.3 Å². The van der Waals surface area contributed by atoms with Gasteiger partial charge in [0.25, 0.3) is 6.43 Å². The number of alkyl halides is 2. The van der Waals surface area contributed by atoms with E-state index >= 15 is 0 Å². The molecular formula is C22H20ClF3N4O. The molecule has 5 nitrogen and oxygen atoms in total. The molecule has 3 aliphatic rings. The third-order valence-corrected chi connectivity index (χ3v) is 6.24. The minimum absolute atomic E-state index is 0.158. The molecular weight excluding hydrogens is 429 g/mol. The van der Waals surface area contributed by atoms with E-state index in [1.807, 2.05) is 6.07 Å². The lowest BCUT2D eigenvalue weighted by Crippen LogP contribution is -2.57. The summed E-state index contributed by atoms with van der Waals surface area (Å²) in [7, 11) is 0. The molecule has 3 aromatic rings. The van der Waals surface area contributed by atoms with Crippen LogP contribution in [-0.2, 0) is 4.74 Å². The molecule has 0 radical (unpaired) electrons. The van der Waals surface area contributed by atoms with Gasteiger partial charge in [0.15, 0.2) is 0 Å². The summed E-state index contributed by atoms with van der Waals surface area (Å²) in [5.74, 6) is -0.903. The Balaban J connectivity index is 1.49. The summed E-state index contributed by atoms with van der Waals surface area (Å²) >= 11 is 6.53. The van der Waals surface area contributed by atoms with Crippen molar-refractivity contribution in [3.63, 3.8) is 0 Å². The van der Waals surface area contributed by atoms with Crippen LogP contribution in [0.2, 0.25) is 5.02 Å². The van der Waals surface area contributed by atoms with E-state index < -0.39 is 23.8 Å². The predicted octanol–water partition coefficient (Wildman–Crippen LogP) is 5.51. The number of benzene rings is 2. The van der Waals surface area contributed by atoms with Crippen molar-refractivity contribution in [2.45, 2.75) is 38.0 Å². The maximum Gasteiger partial charge on any atom is 0.266 e. The summed E-state index contributed by atoms with van der Waals surface area (Å²) in [5, 5.41) is 12.7. The van der Waals surface area contributed by atoms with Gasteiger partial charge in [0.2, 0.25) is 0 Å². The highest BCUT2D eigenvalue weighted by Gasteiger charge is 2.39. The first-order chi connectivity index (χ1) is 14.9. The molecule has 1 aromatic heterocycles. The molecule has 162 valence electrons. The Kier molecular flexibility index (Phi) is 5.14. The Morgan fingerprint density at radius 2 is 1.90 bits per heavy atom. The standard InChI is InChI=1S/C22H20ClF3N4O/c1-11(14-3-2-4-15(21(14)24)22(25)26)28-19-8-27-29-18-7-17(23)20(6-16(18)19)30-9-12-5-13(10-30)31-12/h2-4,6-8,11-13,22H,5,9-10H2,1H3,(H,28,29)/t11-,12?,13?/m1/s1. The number of piperidine rings is 1. The van der Waals surface area contributed by atoms with Crippen molar-refractivity contribution in [3.8, 4) is 0 Å². The summed E-state index contributed by atoms with van der Waals surface area (Å²) in [5.41, 5.74) is 1.64. The minimum atomic E-state index is -2.87. The quantitative estimate of drug-likeness (QED) is 0.557. The molecule has 3 fully saturated rings. The number of halogens is 4. The van der Waals surface area contributed by atoms with Gasteiger partial charge in [0.05, 0.1) is 51.9 Å². The number of hydrogen-bond acceptors (Lipinski definition) is 5. The molecule has 31 heavy (non-hydrogen) atoms. The van der Waals surface area contributed by atoms with Crippen LogP contribution in [0.3, 0.4) is 0 Å². The van der Waals surface area contributed by atoms with Gasteiger partial charge in [-0.15, -0.1) is 0 Å². The van der Waals surface area contributed by atoms with Gasteiger partial charge in [-0.3, -0.25) is 0 Å². The van der Waals surface area contributed by atoms with Gasteiger partial charge in [-0.1, -0.05) is 29.8 Å². The van der Waals surface area contributed by atoms with E-state index in [1.165, 1.54) is 12.1 Å². The van der Waals surface area contributed by atoms with Crippen LogP contribution >= 0.6 is 11.6 Å². The summed E-state index contributed by atoms with van der Waals surface area (Å²) in [6, 6.07) is 7.16. The number of ether oxygens (including phenoxy) is 1. The van der Waals surface area contributed by atoms with Crippen LogP contribution in [0.25, 0.3) is 10.9 Å². The largest absolute Gasteiger partial charge is 0.377 e. The van der Waals surface area contributed by atoms with Gasteiger partial charge in [-0.05, 0) is 19.1 Å². The fourth-order valence-corrected chi connectivity index (χ4v) is 4.64. The van der Waals surface area contributed by atoms with E-state index in [0.717, 1.165) is 36.7 Å². The number of nitrogens with one attached hydrogen (secondary N) is 1. The molecule has 0 saturated carbocycles. The van der Waals surface area contributed by atoms with Crippen molar-refractivity contribution < 1.29 is 17.9 Å². The highest BCUT2D eigenvalue weighted by Crippen LogP contribution is 2.38. The molecule has 3 aliphatic heterocycles. The van der Waals surface area contributed by atoms with Crippen LogP contribution in [0.15, 0.2) is 36.5 Å². The van der Waals surface area contributed by atoms with Gasteiger partial charge >= 0.3 is 0 Å². The van der Waals surface area contributed by atoms with Crippen LogP contribution in [0, 0.1) is 5.82 Å². The Labute approximate surface area is 182 Å². The Morgan fingerprint density at radius 1 is 1.19 bits per heavy atom. The van der Waals surface area contributed by atoms with Crippen LogP contribution in [-0.4, -0.2) is 35.5 Å². The van der Waals surface area contributed by atoms with Gasteiger partial charge in [-0.2, -0.15) is 10.2 Å². The van der Waals surface area contributed by atoms with Crippen molar-refractivity contribution in [2.75, 3.05) is 23.3 Å². The van der Waals surface area contributed by atoms with Crippen molar-refractivity contribution in [2.24, 2.45) is 0 Å². The van der Waals surface area contributed by atoms with Gasteiger partial charge in [-0.25, -0.2) is 13.2 Å². The number of hydrogen-bond donors (Lipinski definition) is 1. The lowest BCUT2D eigenvalue weighted by molar-refractivity contribution is -0.133. The van der Waals surface area contributed by atoms with E-state index in [0.29, 0.717) is 16.2 Å². The fourth-order valence-electron chi connectivity index (χ4n) is 4.36. The van der Waals surface area contributed by atoms with Crippen molar-refractivity contribution in [1.82, 2.24) is 10.2 Å². The van der Waals surface area contributed by atoms with Crippen LogP contribution in [0.4, 0.5) is 24.5 Å². The molecule has 0 spiro atoms. The van der Waals surface area contributed by atoms with E-state index in [1.54, 1.807) is 19.2 Å². The molecule has 0 aliphatic carbocycles. The number of nitrogens with zero attached hydrogens (tertiary/aromatic N) is 3. The van der Waals surface area contributed by atoms with Crippen LogP contribution in [0.5, 0.6) is 0 Å². The van der Waals surface area contributed by atoms with Crippen LogP contribution < -0.4 is 10.2 Å². The Bertz CT molecular complexity index is 1130. The summed E-state index contributed by atoms with van der Waals surface area (Å²) in [6.45, 7) is 3.25. The third kappa shape index (κ3) is 3.68. The maximum absolute atomic E-state index is 14.6. The zero-order chi connectivity index (χ0) is 21.7. The smallest absolute Gasteiger partial charge is 0.266 e. The van der Waals surface area contributed by atoms with E-state index in [-0.39, 0.29) is 17.8 Å². The van der Waals surface area contributed by atoms with Gasteiger partial charge in [0, 0.05) is 30.5 Å². The number of fused-ring (bicyclic) bond motifs is 3. The molecule has 3 atom stereocenters. The van der Waals surface area contributed by atoms with Crippen LogP contribution in [0.1, 0.15) is 36.9 Å². The second-order valence-corrected chi connectivity index (χ2v) is 8.42. The first-order valence-corrected chi connectivity index (χ1v) is 10.5. The third-order valence-electron chi connectivity index (χ3n) is 5.94. The monoisotopic (exact) mass is 448 g/mol. The topological polar surface area (TPSA) is 50.3 Å². The lowest BCUT2D eigenvalue weighted by Gasteiger charge is -2.48. The normalized spacial score (nSPS) is 21.3. The van der Waals surface area contributed by atoms with Crippen molar-refractivity contribution in [1.29, 1.82) is 0 Å². The average molecular weight is 449 g/mol. The molecule has 0 amide bonds. The second-order valence-electron chi connectivity index (χ2n) is 8.02. The maximum atomic E-state index is 14.6. The zero-order valence-corrected chi connectivity index (χ0v) is 17.4. The summed E-state index contributed by atoms with van der Waals surface area (Å²) in [6.07, 6.45) is 0.190. The number of morpholine rings is 1. The lowest BCUT2D eigenvalue weighted by atomic mass is 9.98. The SMILES string of the molecule is C[C@@H](Nc1cnnc2cc(Cl)c(N3CC4CC(C3)O4)cc12)c1cccc(C(F)F)c1F. The average Bonchev–Trinajstić information content (AvgIpc) is 2.73. The van der Waals surface area contributed by atoms with E-state index in [2.05, 4.69) is 20.4 Å². The van der Waals surface area contributed by atoms with Gasteiger partial charge < -0.3 is 15.0 Å². The van der Waals surface area contributed by atoms with E-state index in [9.17, 15) is 13.2 Å². The summed E-state index contributed by atoms with van der Waals surface area (Å²) in [4.78, 5) is 2.20. The Morgan fingerprint density at radius 3 is 2.61 bits per heavy atom. The molecule has 6 rings (SSSR count). The molecule has 2 unspecified atom stereocenters. The molecule has 3 saturated heterocycles. The van der Waals surface area contributed by atoms with Crippen molar-refractivity contribution >= 4 is 33.9 Å². The zero-order valence-electron chi connectivity index (χ0n) is 16.7. The fraction of sp³-hybridized carbons (Fsp3) is 0.364. The Hall–Kier alpha value is -2.58. The van der Waals surface area contributed by atoms with Gasteiger partial charge in [0.1, 0.15) is 5.82 Å². The second kappa shape index (κ2) is 7.84. The first-order valence-electron chi connectivity index (χ1n) is 10.1. The molecule has 4 heterocycles. The summed E-state index contributed by atoms with van der Waals surface area (Å²) < 4.78 is 46.5. The first kappa shape index (κ1) is 20.3. The number of anilines is 2. The molecule has 1 N–H and O–H groups in total. The molecule has 2 aromatic carbocycles. The van der Waals surface area contributed by atoms with Crippen molar-refractivity contribution in [3.05, 3.63) is 58.5 Å². The highest BCUT2D eigenvalue weighted by molar-refractivity contribution is 6.34. The number of aromatic nitrogens is 2. The number of rotatable bonds is 5.